The molecule has 8 heteroatoms. The average molecular weight is 454 g/mol. The van der Waals surface area contributed by atoms with E-state index in [1.165, 1.54) is 17.8 Å². The topological polar surface area (TPSA) is 84.9 Å². The third-order valence-corrected chi connectivity index (χ3v) is 5.73. The minimum atomic E-state index is -0.383. The van der Waals surface area contributed by atoms with Crippen molar-refractivity contribution in [3.8, 4) is 11.5 Å². The molecule has 6 nitrogen and oxygen atoms in total. The van der Waals surface area contributed by atoms with Crippen LogP contribution in [0.2, 0.25) is 0 Å². The van der Waals surface area contributed by atoms with Crippen LogP contribution in [0.1, 0.15) is 5.56 Å². The molecule has 0 atom stereocenters. The first-order chi connectivity index (χ1) is 13.7. The molecule has 0 fully saturated rings. The lowest BCUT2D eigenvalue weighted by Crippen LogP contribution is -1.99. The molecule has 5 aromatic rings. The maximum Gasteiger partial charge on any atom is 0.336 e. The number of aromatic amines is 1. The molecule has 138 valence electrons. The van der Waals surface area contributed by atoms with Crippen LogP contribution in [0.4, 0.5) is 0 Å². The van der Waals surface area contributed by atoms with Gasteiger partial charge in [-0.05, 0) is 29.8 Å². The largest absolute Gasteiger partial charge is 0.423 e. The van der Waals surface area contributed by atoms with Crippen LogP contribution in [0.25, 0.3) is 33.3 Å². The fourth-order valence-electron chi connectivity index (χ4n) is 3.09. The zero-order chi connectivity index (χ0) is 19.1. The van der Waals surface area contributed by atoms with Crippen molar-refractivity contribution in [2.75, 3.05) is 0 Å². The first-order valence-electron chi connectivity index (χ1n) is 8.42. The summed E-state index contributed by atoms with van der Waals surface area (Å²) in [7, 11) is 0. The van der Waals surface area contributed by atoms with E-state index in [1.807, 2.05) is 42.6 Å². The summed E-state index contributed by atoms with van der Waals surface area (Å²) in [4.78, 5) is 15.1. The molecule has 5 rings (SSSR count). The van der Waals surface area contributed by atoms with Crippen molar-refractivity contribution in [3.63, 3.8) is 0 Å². The van der Waals surface area contributed by atoms with E-state index < -0.39 is 0 Å². The van der Waals surface area contributed by atoms with Gasteiger partial charge in [0.2, 0.25) is 0 Å². The Balaban J connectivity index is 1.43. The molecule has 0 saturated heterocycles. The zero-order valence-electron chi connectivity index (χ0n) is 14.3. The SMILES string of the molecule is O=c1cc(CSc2nnc(-c3c[nH]c4ccccc34)o2)c2ccc(Br)cc2o1. The van der Waals surface area contributed by atoms with Crippen LogP contribution < -0.4 is 5.63 Å². The molecule has 0 spiro atoms. The van der Waals surface area contributed by atoms with E-state index in [4.69, 9.17) is 8.83 Å². The van der Waals surface area contributed by atoms with Gasteiger partial charge in [0.25, 0.3) is 11.1 Å². The second kappa shape index (κ2) is 6.96. The molecule has 0 radical (unpaired) electrons. The fraction of sp³-hybridized carbons (Fsp3) is 0.0500. The number of H-pyrrole nitrogens is 1. The number of hydrogen-bond donors (Lipinski definition) is 1. The van der Waals surface area contributed by atoms with Crippen molar-refractivity contribution in [3.05, 3.63) is 75.2 Å². The number of benzene rings is 2. The minimum Gasteiger partial charge on any atom is -0.423 e. The first-order valence-corrected chi connectivity index (χ1v) is 10.2. The average Bonchev–Trinajstić information content (AvgIpc) is 3.32. The van der Waals surface area contributed by atoms with Crippen molar-refractivity contribution in [2.45, 2.75) is 11.0 Å². The maximum absolute atomic E-state index is 11.9. The van der Waals surface area contributed by atoms with Crippen molar-refractivity contribution >= 4 is 49.6 Å². The zero-order valence-corrected chi connectivity index (χ0v) is 16.7. The Kier molecular flexibility index (Phi) is 4.29. The van der Waals surface area contributed by atoms with Gasteiger partial charge in [0.15, 0.2) is 0 Å². The number of thioether (sulfide) groups is 1. The molecule has 0 saturated carbocycles. The molecule has 28 heavy (non-hydrogen) atoms. The lowest BCUT2D eigenvalue weighted by Gasteiger charge is -2.04. The van der Waals surface area contributed by atoms with Gasteiger partial charge in [0.1, 0.15) is 5.58 Å². The standard InChI is InChI=1S/C20H12BrN3O3S/c21-12-5-6-13-11(7-18(25)26-17(13)8-12)10-28-20-24-23-19(27-20)15-9-22-16-4-2-1-3-14(15)16/h1-9,22H,10H2. The highest BCUT2D eigenvalue weighted by atomic mass is 79.9. The van der Waals surface area contributed by atoms with E-state index in [0.29, 0.717) is 22.4 Å². The molecule has 0 aliphatic rings. The van der Waals surface area contributed by atoms with Gasteiger partial charge < -0.3 is 13.8 Å². The van der Waals surface area contributed by atoms with Gasteiger partial charge >= 0.3 is 5.63 Å². The summed E-state index contributed by atoms with van der Waals surface area (Å²) in [5.41, 5.74) is 2.90. The van der Waals surface area contributed by atoms with Crippen LogP contribution >= 0.6 is 27.7 Å². The molecular formula is C20H12BrN3O3S. The van der Waals surface area contributed by atoms with Gasteiger partial charge in [0.05, 0.1) is 5.56 Å². The minimum absolute atomic E-state index is 0.383. The normalized spacial score (nSPS) is 11.5. The molecule has 0 bridgehead atoms. The van der Waals surface area contributed by atoms with Gasteiger partial charge in [-0.2, -0.15) is 0 Å². The molecule has 1 N–H and O–H groups in total. The summed E-state index contributed by atoms with van der Waals surface area (Å²) in [6.45, 7) is 0. The van der Waals surface area contributed by atoms with Crippen LogP contribution in [0.5, 0.6) is 0 Å². The molecule has 0 amide bonds. The predicted molar refractivity (Wildman–Crippen MR) is 111 cm³/mol. The van der Waals surface area contributed by atoms with Gasteiger partial charge in [-0.25, -0.2) is 4.79 Å². The predicted octanol–water partition coefficient (Wildman–Crippen LogP) is 5.38. The van der Waals surface area contributed by atoms with Crippen molar-refractivity contribution < 1.29 is 8.83 Å². The summed E-state index contributed by atoms with van der Waals surface area (Å²) in [5.74, 6) is 0.973. The van der Waals surface area contributed by atoms with E-state index in [9.17, 15) is 4.79 Å². The van der Waals surface area contributed by atoms with Crippen LogP contribution in [-0.2, 0) is 5.75 Å². The summed E-state index contributed by atoms with van der Waals surface area (Å²) in [6, 6.07) is 15.1. The van der Waals surface area contributed by atoms with E-state index in [2.05, 4.69) is 31.1 Å². The lowest BCUT2D eigenvalue weighted by atomic mass is 10.1. The van der Waals surface area contributed by atoms with Gasteiger partial charge in [-0.3, -0.25) is 0 Å². The Hall–Kier alpha value is -2.84. The summed E-state index contributed by atoms with van der Waals surface area (Å²) < 4.78 is 12.0. The number of rotatable bonds is 4. The van der Waals surface area contributed by atoms with Crippen LogP contribution in [-0.4, -0.2) is 15.2 Å². The van der Waals surface area contributed by atoms with Gasteiger partial charge in [-0.1, -0.05) is 45.9 Å². The molecule has 3 heterocycles. The number of aromatic nitrogens is 3. The molecule has 0 aliphatic carbocycles. The Morgan fingerprint density at radius 3 is 2.86 bits per heavy atom. The van der Waals surface area contributed by atoms with Gasteiger partial charge in [-0.15, -0.1) is 10.2 Å². The van der Waals surface area contributed by atoms with Crippen LogP contribution in [0.3, 0.4) is 0 Å². The maximum atomic E-state index is 11.9. The highest BCUT2D eigenvalue weighted by Crippen LogP contribution is 2.31. The number of hydrogen-bond acceptors (Lipinski definition) is 6. The van der Waals surface area contributed by atoms with Crippen LogP contribution in [0.15, 0.2) is 78.1 Å². The molecule has 0 unspecified atom stereocenters. The second-order valence-electron chi connectivity index (χ2n) is 6.14. The number of halogens is 1. The number of nitrogens with zero attached hydrogens (tertiary/aromatic N) is 2. The number of fused-ring (bicyclic) bond motifs is 2. The Bertz CT molecular complexity index is 1370. The van der Waals surface area contributed by atoms with E-state index >= 15 is 0 Å². The smallest absolute Gasteiger partial charge is 0.336 e. The Morgan fingerprint density at radius 2 is 1.93 bits per heavy atom. The molecule has 3 aromatic heterocycles. The molecule has 0 aliphatic heterocycles. The third kappa shape index (κ3) is 3.14. The fourth-order valence-corrected chi connectivity index (χ4v) is 4.18. The first kappa shape index (κ1) is 17.3. The number of nitrogens with one attached hydrogen (secondary N) is 1. The number of para-hydroxylation sites is 1. The highest BCUT2D eigenvalue weighted by Gasteiger charge is 2.14. The summed E-state index contributed by atoms with van der Waals surface area (Å²) in [5, 5.41) is 10.7. The second-order valence-corrected chi connectivity index (χ2v) is 7.98. The Morgan fingerprint density at radius 1 is 1.04 bits per heavy atom. The van der Waals surface area contributed by atoms with E-state index in [0.717, 1.165) is 31.9 Å². The lowest BCUT2D eigenvalue weighted by molar-refractivity contribution is 0.466. The molecular weight excluding hydrogens is 442 g/mol. The van der Waals surface area contributed by atoms with E-state index in [-0.39, 0.29) is 5.63 Å². The Labute approximate surface area is 171 Å². The van der Waals surface area contributed by atoms with Gasteiger partial charge in [0, 0.05) is 38.8 Å². The van der Waals surface area contributed by atoms with Crippen molar-refractivity contribution in [1.82, 2.24) is 15.2 Å². The quantitative estimate of drug-likeness (QED) is 0.290. The van der Waals surface area contributed by atoms with Crippen molar-refractivity contribution in [2.24, 2.45) is 0 Å². The third-order valence-electron chi connectivity index (χ3n) is 4.37. The van der Waals surface area contributed by atoms with E-state index in [1.54, 1.807) is 6.07 Å². The monoisotopic (exact) mass is 453 g/mol. The van der Waals surface area contributed by atoms with Crippen molar-refractivity contribution in [1.29, 1.82) is 0 Å². The summed E-state index contributed by atoms with van der Waals surface area (Å²) >= 11 is 4.77. The highest BCUT2D eigenvalue weighted by molar-refractivity contribution is 9.10. The van der Waals surface area contributed by atoms with Crippen LogP contribution in [0, 0.1) is 0 Å². The summed E-state index contributed by atoms with van der Waals surface area (Å²) in [6.07, 6.45) is 1.86. The molecule has 2 aromatic carbocycles.